The van der Waals surface area contributed by atoms with E-state index in [4.69, 9.17) is 15.2 Å². The monoisotopic (exact) mass is 390 g/mol. The predicted octanol–water partition coefficient (Wildman–Crippen LogP) is 3.55. The van der Waals surface area contributed by atoms with Gasteiger partial charge in [0.2, 0.25) is 0 Å². The van der Waals surface area contributed by atoms with Gasteiger partial charge in [0.15, 0.2) is 0 Å². The van der Waals surface area contributed by atoms with Gasteiger partial charge in [-0.05, 0) is 32.8 Å². The third-order valence-corrected chi connectivity index (χ3v) is 4.46. The highest BCUT2D eigenvalue weighted by atomic mass is 16.6. The largest absolute Gasteiger partial charge is 0.444 e. The molecule has 3 heterocycles. The summed E-state index contributed by atoms with van der Waals surface area (Å²) in [5.41, 5.74) is 8.61. The molecule has 7 heteroatoms. The maximum Gasteiger partial charge on any atom is 0.410 e. The number of pyridine rings is 1. The highest BCUT2D eigenvalue weighted by Gasteiger charge is 2.24. The second kappa shape index (κ2) is 9.78. The van der Waals surface area contributed by atoms with Crippen molar-refractivity contribution in [3.8, 4) is 0 Å². The number of hydrogen-bond acceptors (Lipinski definition) is 6. The van der Waals surface area contributed by atoms with Crippen molar-refractivity contribution in [1.29, 1.82) is 0 Å². The number of aromatic nitrogens is 1. The lowest BCUT2D eigenvalue weighted by atomic mass is 9.99. The van der Waals surface area contributed by atoms with Crippen molar-refractivity contribution in [2.24, 2.45) is 0 Å². The molecule has 3 rings (SSSR count). The van der Waals surface area contributed by atoms with E-state index in [1.54, 1.807) is 4.90 Å². The van der Waals surface area contributed by atoms with Crippen LogP contribution in [-0.2, 0) is 9.47 Å². The summed E-state index contributed by atoms with van der Waals surface area (Å²) in [6, 6.07) is 1.93. The van der Waals surface area contributed by atoms with E-state index in [2.05, 4.69) is 9.88 Å². The van der Waals surface area contributed by atoms with Crippen molar-refractivity contribution in [2.45, 2.75) is 46.6 Å². The SMILES string of the molecule is CC.CC(C)(C)OC(=O)N1CC=C(c2cnc(N3CCOCC3)cc2N)CC1. The Bertz CT molecular complexity index is 691. The first-order chi connectivity index (χ1) is 13.3. The molecule has 156 valence electrons. The molecule has 0 saturated carbocycles. The van der Waals surface area contributed by atoms with Crippen LogP contribution < -0.4 is 10.6 Å². The molecule has 1 aromatic heterocycles. The van der Waals surface area contributed by atoms with Crippen LogP contribution in [-0.4, -0.2) is 61.0 Å². The zero-order valence-corrected chi connectivity index (χ0v) is 17.8. The summed E-state index contributed by atoms with van der Waals surface area (Å²) in [5, 5.41) is 0. The molecule has 0 unspecified atom stereocenters. The molecule has 2 aliphatic heterocycles. The van der Waals surface area contributed by atoms with Gasteiger partial charge in [0, 0.05) is 49.7 Å². The number of nitrogen functional groups attached to an aromatic ring is 1. The molecule has 1 aromatic rings. The van der Waals surface area contributed by atoms with E-state index in [1.807, 2.05) is 53.0 Å². The zero-order chi connectivity index (χ0) is 20.7. The number of carbonyl (C=O) groups is 1. The fraction of sp³-hybridized carbons (Fsp3) is 0.619. The topological polar surface area (TPSA) is 80.9 Å². The molecular formula is C21H34N4O3. The first-order valence-corrected chi connectivity index (χ1v) is 10.1. The van der Waals surface area contributed by atoms with Crippen molar-refractivity contribution < 1.29 is 14.3 Å². The van der Waals surface area contributed by atoms with Crippen LogP contribution >= 0.6 is 0 Å². The van der Waals surface area contributed by atoms with Crippen LogP contribution in [0.1, 0.15) is 46.6 Å². The summed E-state index contributed by atoms with van der Waals surface area (Å²) in [4.78, 5) is 20.6. The number of morpholine rings is 1. The van der Waals surface area contributed by atoms with Crippen molar-refractivity contribution in [3.63, 3.8) is 0 Å². The lowest BCUT2D eigenvalue weighted by Crippen LogP contribution is -2.39. The molecule has 1 fully saturated rings. The second-order valence-corrected chi connectivity index (χ2v) is 7.63. The summed E-state index contributed by atoms with van der Waals surface area (Å²) in [6.45, 7) is 13.9. The first-order valence-electron chi connectivity index (χ1n) is 10.1. The number of nitrogens with zero attached hydrogens (tertiary/aromatic N) is 3. The summed E-state index contributed by atoms with van der Waals surface area (Å²) in [6.07, 6.45) is 4.34. The molecule has 0 bridgehead atoms. The van der Waals surface area contributed by atoms with Gasteiger partial charge in [-0.2, -0.15) is 0 Å². The Labute approximate surface area is 168 Å². The first kappa shape index (κ1) is 22.0. The lowest BCUT2D eigenvalue weighted by molar-refractivity contribution is 0.0270. The molecule has 0 aromatic carbocycles. The predicted molar refractivity (Wildman–Crippen MR) is 113 cm³/mol. The van der Waals surface area contributed by atoms with Crippen molar-refractivity contribution in [1.82, 2.24) is 9.88 Å². The van der Waals surface area contributed by atoms with E-state index in [0.717, 1.165) is 55.4 Å². The van der Waals surface area contributed by atoms with Crippen molar-refractivity contribution >= 4 is 23.2 Å². The van der Waals surface area contributed by atoms with E-state index < -0.39 is 5.60 Å². The number of ether oxygens (including phenoxy) is 2. The van der Waals surface area contributed by atoms with E-state index in [-0.39, 0.29) is 6.09 Å². The zero-order valence-electron chi connectivity index (χ0n) is 17.8. The Morgan fingerprint density at radius 1 is 1.21 bits per heavy atom. The number of hydrogen-bond donors (Lipinski definition) is 1. The number of carbonyl (C=O) groups excluding carboxylic acids is 1. The normalized spacial score (nSPS) is 17.4. The third kappa shape index (κ3) is 5.86. The fourth-order valence-electron chi connectivity index (χ4n) is 3.10. The van der Waals surface area contributed by atoms with Crippen LogP contribution in [0, 0.1) is 0 Å². The molecule has 0 radical (unpaired) electrons. The molecule has 0 atom stereocenters. The maximum atomic E-state index is 12.2. The number of anilines is 2. The van der Waals surface area contributed by atoms with Crippen LogP contribution in [0.4, 0.5) is 16.3 Å². The Hall–Kier alpha value is -2.28. The summed E-state index contributed by atoms with van der Waals surface area (Å²) in [7, 11) is 0. The quantitative estimate of drug-likeness (QED) is 0.832. The lowest BCUT2D eigenvalue weighted by Gasteiger charge is -2.30. The Morgan fingerprint density at radius 3 is 2.43 bits per heavy atom. The van der Waals surface area contributed by atoms with E-state index >= 15 is 0 Å². The van der Waals surface area contributed by atoms with Gasteiger partial charge in [0.05, 0.1) is 13.2 Å². The van der Waals surface area contributed by atoms with Crippen LogP contribution in [0.25, 0.3) is 5.57 Å². The van der Waals surface area contributed by atoms with Crippen LogP contribution in [0.5, 0.6) is 0 Å². The molecule has 7 nitrogen and oxygen atoms in total. The second-order valence-electron chi connectivity index (χ2n) is 7.63. The van der Waals surface area contributed by atoms with Gasteiger partial charge in [-0.15, -0.1) is 0 Å². The van der Waals surface area contributed by atoms with Gasteiger partial charge < -0.3 is 25.0 Å². The molecule has 1 amide bonds. The van der Waals surface area contributed by atoms with E-state index in [0.29, 0.717) is 13.1 Å². The van der Waals surface area contributed by atoms with Crippen LogP contribution in [0.15, 0.2) is 18.3 Å². The molecule has 28 heavy (non-hydrogen) atoms. The molecule has 2 N–H and O–H groups in total. The van der Waals surface area contributed by atoms with Gasteiger partial charge in [0.25, 0.3) is 0 Å². The number of nitrogens with two attached hydrogens (primary N) is 1. The average Bonchev–Trinajstić information content (AvgIpc) is 2.69. The summed E-state index contributed by atoms with van der Waals surface area (Å²) in [5.74, 6) is 0.890. The standard InChI is InChI=1S/C19H28N4O3.C2H6/c1-19(2,3)26-18(24)23-6-4-14(5-7-23)15-13-21-17(12-16(15)20)22-8-10-25-11-9-22;1-2/h4,12-13H,5-11H2,1-3H3,(H2,20,21);1-2H3. The fourth-order valence-corrected chi connectivity index (χ4v) is 3.10. The van der Waals surface area contributed by atoms with Crippen LogP contribution in [0.2, 0.25) is 0 Å². The Balaban J connectivity index is 0.00000136. The third-order valence-electron chi connectivity index (χ3n) is 4.46. The molecule has 0 spiro atoms. The highest BCUT2D eigenvalue weighted by Crippen LogP contribution is 2.29. The summed E-state index contributed by atoms with van der Waals surface area (Å²) >= 11 is 0. The molecule has 0 aliphatic carbocycles. The van der Waals surface area contributed by atoms with E-state index in [9.17, 15) is 4.79 Å². The Kier molecular flexibility index (Phi) is 7.69. The van der Waals surface area contributed by atoms with Crippen molar-refractivity contribution in [2.75, 3.05) is 50.0 Å². The Morgan fingerprint density at radius 2 is 1.89 bits per heavy atom. The minimum Gasteiger partial charge on any atom is -0.444 e. The maximum absolute atomic E-state index is 12.2. The van der Waals surface area contributed by atoms with Gasteiger partial charge in [0.1, 0.15) is 11.4 Å². The van der Waals surface area contributed by atoms with Gasteiger partial charge in [-0.25, -0.2) is 9.78 Å². The number of amides is 1. The van der Waals surface area contributed by atoms with Crippen LogP contribution in [0.3, 0.4) is 0 Å². The summed E-state index contributed by atoms with van der Waals surface area (Å²) < 4.78 is 10.8. The van der Waals surface area contributed by atoms with Gasteiger partial charge in [-0.3, -0.25) is 0 Å². The van der Waals surface area contributed by atoms with E-state index in [1.165, 1.54) is 0 Å². The van der Waals surface area contributed by atoms with Gasteiger partial charge in [-0.1, -0.05) is 19.9 Å². The minimum atomic E-state index is -0.481. The van der Waals surface area contributed by atoms with Gasteiger partial charge >= 0.3 is 6.09 Å². The molecular weight excluding hydrogens is 356 g/mol. The minimum absolute atomic E-state index is 0.276. The highest BCUT2D eigenvalue weighted by molar-refractivity contribution is 5.78. The smallest absolute Gasteiger partial charge is 0.410 e. The average molecular weight is 391 g/mol. The van der Waals surface area contributed by atoms with Crippen molar-refractivity contribution in [3.05, 3.63) is 23.9 Å². The molecule has 1 saturated heterocycles. The molecule has 2 aliphatic rings. The number of rotatable bonds is 2.